The summed E-state index contributed by atoms with van der Waals surface area (Å²) in [5.74, 6) is 1.23. The van der Waals surface area contributed by atoms with Gasteiger partial charge in [0.25, 0.3) is 0 Å². The van der Waals surface area contributed by atoms with Crippen molar-refractivity contribution >= 4 is 50.5 Å². The lowest BCUT2D eigenvalue weighted by atomic mass is 10.2. The highest BCUT2D eigenvalue weighted by atomic mass is 79.9. The first-order valence-corrected chi connectivity index (χ1v) is 7.43. The Hall–Kier alpha value is -0.220. The van der Waals surface area contributed by atoms with Gasteiger partial charge >= 0.3 is 0 Å². The normalized spacial score (nSPS) is 10.5. The molecule has 2 rings (SSSR count). The minimum atomic E-state index is 0.431. The Kier molecular flexibility index (Phi) is 4.74. The largest absolute Gasteiger partial charge is 0.487 e. The molecule has 0 N–H and O–H groups in total. The van der Waals surface area contributed by atoms with Gasteiger partial charge in [-0.2, -0.15) is 0 Å². The zero-order valence-corrected chi connectivity index (χ0v) is 12.7. The maximum atomic E-state index is 5.87. The number of para-hydroxylation sites is 1. The quantitative estimate of drug-likeness (QED) is 0.662. The average molecular weight is 352 g/mol. The molecule has 0 saturated heterocycles. The molecule has 0 aliphatic rings. The predicted molar refractivity (Wildman–Crippen MR) is 77.4 cm³/mol. The molecule has 90 valence electrons. The minimum absolute atomic E-state index is 0.431. The first kappa shape index (κ1) is 13.2. The monoisotopic (exact) mass is 350 g/mol. The summed E-state index contributed by atoms with van der Waals surface area (Å²) in [4.78, 5) is 1.09. The third-order valence-electron chi connectivity index (χ3n) is 2.18. The second-order valence-electron chi connectivity index (χ2n) is 3.36. The van der Waals surface area contributed by atoms with E-state index >= 15 is 0 Å². The Balaban J connectivity index is 2.13. The number of ether oxygens (including phenoxy) is 1. The Bertz CT molecular complexity index is 513. The number of halogens is 3. The van der Waals surface area contributed by atoms with Crippen LogP contribution in [0.1, 0.15) is 10.4 Å². The molecule has 0 fully saturated rings. The van der Waals surface area contributed by atoms with Gasteiger partial charge in [-0.25, -0.2) is 0 Å². The SMILES string of the molecule is ClCc1cccc(Br)c1OCc1ccc(Cl)s1. The van der Waals surface area contributed by atoms with Crippen molar-refractivity contribution in [1.29, 1.82) is 0 Å². The summed E-state index contributed by atoms with van der Waals surface area (Å²) in [5, 5.41) is 0. The smallest absolute Gasteiger partial charge is 0.138 e. The molecule has 5 heteroatoms. The van der Waals surface area contributed by atoms with Crippen molar-refractivity contribution in [3.05, 3.63) is 49.6 Å². The third kappa shape index (κ3) is 3.38. The Morgan fingerprint density at radius 3 is 2.71 bits per heavy atom. The number of thiophene rings is 1. The first-order chi connectivity index (χ1) is 8.20. The fraction of sp³-hybridized carbons (Fsp3) is 0.167. The van der Waals surface area contributed by atoms with Gasteiger partial charge in [-0.05, 0) is 34.1 Å². The topological polar surface area (TPSA) is 9.23 Å². The van der Waals surface area contributed by atoms with Crippen molar-refractivity contribution in [1.82, 2.24) is 0 Å². The molecule has 0 aliphatic heterocycles. The molecule has 0 amide bonds. The van der Waals surface area contributed by atoms with Gasteiger partial charge in [0.15, 0.2) is 0 Å². The molecule has 0 aliphatic carbocycles. The number of alkyl halides is 1. The van der Waals surface area contributed by atoms with Gasteiger partial charge in [-0.3, -0.25) is 0 Å². The minimum Gasteiger partial charge on any atom is -0.487 e. The van der Waals surface area contributed by atoms with Crippen LogP contribution in [0.5, 0.6) is 5.75 Å². The highest BCUT2D eigenvalue weighted by Gasteiger charge is 2.08. The molecule has 0 unspecified atom stereocenters. The van der Waals surface area contributed by atoms with E-state index < -0.39 is 0 Å². The first-order valence-electron chi connectivity index (χ1n) is 4.91. The van der Waals surface area contributed by atoms with Gasteiger partial charge in [0, 0.05) is 10.4 Å². The summed E-state index contributed by atoms with van der Waals surface area (Å²) in [6.07, 6.45) is 0. The molecule has 17 heavy (non-hydrogen) atoms. The van der Waals surface area contributed by atoms with E-state index in [2.05, 4.69) is 15.9 Å². The number of hydrogen-bond acceptors (Lipinski definition) is 2. The number of hydrogen-bond donors (Lipinski definition) is 0. The average Bonchev–Trinajstić information content (AvgIpc) is 2.73. The van der Waals surface area contributed by atoms with E-state index in [1.54, 1.807) is 0 Å². The van der Waals surface area contributed by atoms with Crippen LogP contribution in [0.2, 0.25) is 4.34 Å². The van der Waals surface area contributed by atoms with Crippen LogP contribution in [0, 0.1) is 0 Å². The van der Waals surface area contributed by atoms with Gasteiger partial charge in [0.2, 0.25) is 0 Å². The summed E-state index contributed by atoms with van der Waals surface area (Å²) in [6, 6.07) is 9.66. The highest BCUT2D eigenvalue weighted by molar-refractivity contribution is 9.10. The molecule has 0 spiro atoms. The molecule has 1 aromatic carbocycles. The van der Waals surface area contributed by atoms with Crippen molar-refractivity contribution in [2.24, 2.45) is 0 Å². The predicted octanol–water partition coefficient (Wildman–Crippen LogP) is 5.48. The van der Waals surface area contributed by atoms with E-state index in [0.717, 1.165) is 25.0 Å². The summed E-state index contributed by atoms with van der Waals surface area (Å²) < 4.78 is 7.47. The number of rotatable bonds is 4. The van der Waals surface area contributed by atoms with Crippen molar-refractivity contribution in [3.63, 3.8) is 0 Å². The summed E-state index contributed by atoms with van der Waals surface area (Å²) in [6.45, 7) is 0.504. The van der Waals surface area contributed by atoms with Crippen LogP contribution in [0.4, 0.5) is 0 Å². The Labute approximate surface area is 122 Å². The molecule has 0 saturated carbocycles. The van der Waals surface area contributed by atoms with Crippen LogP contribution < -0.4 is 4.74 Å². The van der Waals surface area contributed by atoms with Gasteiger partial charge in [0.05, 0.1) is 14.7 Å². The van der Waals surface area contributed by atoms with Gasteiger partial charge in [0.1, 0.15) is 12.4 Å². The molecule has 1 heterocycles. The van der Waals surface area contributed by atoms with Crippen molar-refractivity contribution in [2.45, 2.75) is 12.5 Å². The summed E-state index contributed by atoms with van der Waals surface area (Å²) in [5.41, 5.74) is 0.976. The maximum absolute atomic E-state index is 5.87. The lowest BCUT2D eigenvalue weighted by Gasteiger charge is -2.10. The molecule has 1 aromatic heterocycles. The lowest BCUT2D eigenvalue weighted by Crippen LogP contribution is -1.96. The molecule has 0 atom stereocenters. The number of benzene rings is 1. The fourth-order valence-corrected chi connectivity index (χ4v) is 3.13. The molecule has 2 aromatic rings. The van der Waals surface area contributed by atoms with Gasteiger partial charge in [-0.1, -0.05) is 23.7 Å². The maximum Gasteiger partial charge on any atom is 0.138 e. The van der Waals surface area contributed by atoms with Crippen LogP contribution in [0.25, 0.3) is 0 Å². The van der Waals surface area contributed by atoms with Crippen LogP contribution in [-0.2, 0) is 12.5 Å². The van der Waals surface area contributed by atoms with Crippen molar-refractivity contribution in [2.75, 3.05) is 0 Å². The summed E-state index contributed by atoms with van der Waals surface area (Å²) in [7, 11) is 0. The van der Waals surface area contributed by atoms with Crippen LogP contribution in [-0.4, -0.2) is 0 Å². The third-order valence-corrected chi connectivity index (χ3v) is 4.30. The molecule has 1 nitrogen and oxygen atoms in total. The standard InChI is InChI=1S/C12H9BrCl2OS/c13-10-3-1-2-8(6-14)12(10)16-7-9-4-5-11(15)17-9/h1-5H,6-7H2. The zero-order chi connectivity index (χ0) is 12.3. The molecular weight excluding hydrogens is 343 g/mol. The fourth-order valence-electron chi connectivity index (χ4n) is 1.39. The van der Waals surface area contributed by atoms with Gasteiger partial charge in [-0.15, -0.1) is 22.9 Å². The van der Waals surface area contributed by atoms with E-state index in [-0.39, 0.29) is 0 Å². The van der Waals surface area contributed by atoms with Crippen LogP contribution in [0.15, 0.2) is 34.8 Å². The van der Waals surface area contributed by atoms with E-state index in [9.17, 15) is 0 Å². The van der Waals surface area contributed by atoms with Crippen LogP contribution >= 0.6 is 50.5 Å². The second kappa shape index (κ2) is 6.10. The van der Waals surface area contributed by atoms with Gasteiger partial charge < -0.3 is 4.74 Å². The van der Waals surface area contributed by atoms with Crippen molar-refractivity contribution in [3.8, 4) is 5.75 Å². The van der Waals surface area contributed by atoms with E-state index in [1.807, 2.05) is 30.3 Å². The molecular formula is C12H9BrCl2OS. The van der Waals surface area contributed by atoms with E-state index in [1.165, 1.54) is 11.3 Å². The van der Waals surface area contributed by atoms with E-state index in [0.29, 0.717) is 12.5 Å². The Morgan fingerprint density at radius 1 is 1.24 bits per heavy atom. The Morgan fingerprint density at radius 2 is 2.06 bits per heavy atom. The van der Waals surface area contributed by atoms with E-state index in [4.69, 9.17) is 27.9 Å². The lowest BCUT2D eigenvalue weighted by molar-refractivity contribution is 0.305. The molecule has 0 bridgehead atoms. The highest BCUT2D eigenvalue weighted by Crippen LogP contribution is 2.31. The zero-order valence-electron chi connectivity index (χ0n) is 8.75. The van der Waals surface area contributed by atoms with Crippen LogP contribution in [0.3, 0.4) is 0 Å². The summed E-state index contributed by atoms with van der Waals surface area (Å²) >= 11 is 16.7. The second-order valence-corrected chi connectivity index (χ2v) is 6.28. The molecule has 0 radical (unpaired) electrons. The van der Waals surface area contributed by atoms with Crippen molar-refractivity contribution < 1.29 is 4.74 Å².